The van der Waals surface area contributed by atoms with E-state index in [0.29, 0.717) is 24.3 Å². The van der Waals surface area contributed by atoms with E-state index in [9.17, 15) is 4.79 Å². The van der Waals surface area contributed by atoms with Crippen LogP contribution in [-0.2, 0) is 4.79 Å². The molecule has 0 heterocycles. The molecule has 1 saturated carbocycles. The molecule has 0 bridgehead atoms. The van der Waals surface area contributed by atoms with Gasteiger partial charge in [-0.05, 0) is 31.6 Å². The van der Waals surface area contributed by atoms with E-state index in [1.807, 2.05) is 11.9 Å². The smallest absolute Gasteiger partial charge is 0.222 e. The van der Waals surface area contributed by atoms with Crippen molar-refractivity contribution in [1.29, 1.82) is 0 Å². The molecule has 2 N–H and O–H groups in total. The van der Waals surface area contributed by atoms with Gasteiger partial charge < -0.3 is 10.6 Å². The topological polar surface area (TPSA) is 46.3 Å². The number of carbonyl (C=O) groups is 1. The summed E-state index contributed by atoms with van der Waals surface area (Å²) in [5.74, 6) is 0.986. The van der Waals surface area contributed by atoms with Crippen molar-refractivity contribution in [2.45, 2.75) is 64.3 Å². The number of rotatable bonds is 6. The van der Waals surface area contributed by atoms with Crippen LogP contribution >= 0.6 is 0 Å². The number of nitrogens with zero attached hydrogens (tertiary/aromatic N) is 1. The summed E-state index contributed by atoms with van der Waals surface area (Å²) in [5, 5.41) is 0. The molecule has 1 aliphatic carbocycles. The van der Waals surface area contributed by atoms with Crippen molar-refractivity contribution in [2.24, 2.45) is 11.7 Å². The Labute approximate surface area is 106 Å². The second-order valence-electron chi connectivity index (χ2n) is 5.50. The summed E-state index contributed by atoms with van der Waals surface area (Å²) in [7, 11) is 1.92. The van der Waals surface area contributed by atoms with E-state index in [2.05, 4.69) is 6.92 Å². The van der Waals surface area contributed by atoms with Crippen LogP contribution in [0.3, 0.4) is 0 Å². The molecule has 0 aromatic rings. The fourth-order valence-electron chi connectivity index (χ4n) is 2.63. The Balaban J connectivity index is 2.18. The van der Waals surface area contributed by atoms with E-state index < -0.39 is 0 Å². The number of hydrogen-bond acceptors (Lipinski definition) is 2. The van der Waals surface area contributed by atoms with Crippen LogP contribution in [0.5, 0.6) is 0 Å². The molecule has 1 amide bonds. The lowest BCUT2D eigenvalue weighted by molar-refractivity contribution is -0.130. The van der Waals surface area contributed by atoms with Gasteiger partial charge in [-0.1, -0.05) is 26.2 Å². The molecular formula is C14H28N2O. The highest BCUT2D eigenvalue weighted by Gasteiger charge is 2.20. The van der Waals surface area contributed by atoms with E-state index >= 15 is 0 Å². The number of hydrogen-bond donors (Lipinski definition) is 1. The van der Waals surface area contributed by atoms with Crippen molar-refractivity contribution in [3.8, 4) is 0 Å². The molecule has 17 heavy (non-hydrogen) atoms. The molecule has 0 radical (unpaired) electrons. The third-order valence-corrected chi connectivity index (χ3v) is 3.86. The standard InChI is InChI=1S/C14H28N2O/c1-3-4-10-16(2)14(17)9-8-12-6-5-7-13(15)11-12/h12-13H,3-11,15H2,1-2H3. The van der Waals surface area contributed by atoms with Gasteiger partial charge in [0.15, 0.2) is 0 Å². The van der Waals surface area contributed by atoms with Crippen LogP contribution in [-0.4, -0.2) is 30.4 Å². The lowest BCUT2D eigenvalue weighted by atomic mass is 9.83. The average molecular weight is 240 g/mol. The molecule has 0 spiro atoms. The molecule has 100 valence electrons. The summed E-state index contributed by atoms with van der Waals surface area (Å²) in [6, 6.07) is 0.377. The molecule has 1 fully saturated rings. The number of unbranched alkanes of at least 4 members (excludes halogenated alkanes) is 1. The second-order valence-corrected chi connectivity index (χ2v) is 5.50. The van der Waals surface area contributed by atoms with Crippen molar-refractivity contribution in [3.05, 3.63) is 0 Å². The highest BCUT2D eigenvalue weighted by Crippen LogP contribution is 2.26. The van der Waals surface area contributed by atoms with Gasteiger partial charge in [0, 0.05) is 26.1 Å². The van der Waals surface area contributed by atoms with Crippen LogP contribution in [0.4, 0.5) is 0 Å². The maximum absolute atomic E-state index is 11.9. The first-order valence-corrected chi connectivity index (χ1v) is 7.13. The molecule has 0 saturated heterocycles. The highest BCUT2D eigenvalue weighted by atomic mass is 16.2. The van der Waals surface area contributed by atoms with Crippen molar-refractivity contribution in [3.63, 3.8) is 0 Å². The Bertz CT molecular complexity index is 230. The zero-order valence-electron chi connectivity index (χ0n) is 11.5. The molecule has 1 aliphatic rings. The minimum absolute atomic E-state index is 0.303. The average Bonchev–Trinajstić information content (AvgIpc) is 2.33. The van der Waals surface area contributed by atoms with Crippen molar-refractivity contribution < 1.29 is 4.79 Å². The summed E-state index contributed by atoms with van der Waals surface area (Å²) >= 11 is 0. The number of nitrogens with two attached hydrogens (primary N) is 1. The largest absolute Gasteiger partial charge is 0.346 e. The van der Waals surface area contributed by atoms with Gasteiger partial charge in [-0.25, -0.2) is 0 Å². The number of carbonyl (C=O) groups excluding carboxylic acids is 1. The fourth-order valence-corrected chi connectivity index (χ4v) is 2.63. The Morgan fingerprint density at radius 1 is 1.41 bits per heavy atom. The predicted octanol–water partition coefficient (Wildman–Crippen LogP) is 2.54. The van der Waals surface area contributed by atoms with Gasteiger partial charge in [0.1, 0.15) is 0 Å². The first-order valence-electron chi connectivity index (χ1n) is 7.13. The quantitative estimate of drug-likeness (QED) is 0.775. The maximum atomic E-state index is 11.9. The van der Waals surface area contributed by atoms with Crippen LogP contribution in [0.1, 0.15) is 58.3 Å². The summed E-state index contributed by atoms with van der Waals surface area (Å²) in [6.07, 6.45) is 8.78. The molecule has 0 aliphatic heterocycles. The molecule has 0 aromatic carbocycles. The Hall–Kier alpha value is -0.570. The van der Waals surface area contributed by atoms with Gasteiger partial charge in [-0.3, -0.25) is 4.79 Å². The minimum atomic E-state index is 0.303. The lowest BCUT2D eigenvalue weighted by Crippen LogP contribution is -2.30. The summed E-state index contributed by atoms with van der Waals surface area (Å²) in [6.45, 7) is 3.06. The highest BCUT2D eigenvalue weighted by molar-refractivity contribution is 5.75. The van der Waals surface area contributed by atoms with Crippen LogP contribution in [0, 0.1) is 5.92 Å². The van der Waals surface area contributed by atoms with Crippen molar-refractivity contribution in [1.82, 2.24) is 4.90 Å². The monoisotopic (exact) mass is 240 g/mol. The van der Waals surface area contributed by atoms with Gasteiger partial charge in [-0.15, -0.1) is 0 Å². The second kappa shape index (κ2) is 7.70. The van der Waals surface area contributed by atoms with E-state index in [0.717, 1.165) is 32.2 Å². The molecule has 2 unspecified atom stereocenters. The van der Waals surface area contributed by atoms with E-state index in [1.165, 1.54) is 19.3 Å². The van der Waals surface area contributed by atoms with Gasteiger partial charge in [0.05, 0.1) is 0 Å². The molecule has 2 atom stereocenters. The Morgan fingerprint density at radius 2 is 2.18 bits per heavy atom. The summed E-state index contributed by atoms with van der Waals surface area (Å²) in [5.41, 5.74) is 5.96. The third kappa shape index (κ3) is 5.53. The number of amides is 1. The van der Waals surface area contributed by atoms with E-state index in [1.54, 1.807) is 0 Å². The van der Waals surface area contributed by atoms with Crippen LogP contribution in [0.25, 0.3) is 0 Å². The van der Waals surface area contributed by atoms with E-state index in [-0.39, 0.29) is 0 Å². The zero-order valence-corrected chi connectivity index (χ0v) is 11.5. The van der Waals surface area contributed by atoms with Gasteiger partial charge in [0.2, 0.25) is 5.91 Å². The van der Waals surface area contributed by atoms with Crippen molar-refractivity contribution in [2.75, 3.05) is 13.6 Å². The SMILES string of the molecule is CCCCN(C)C(=O)CCC1CCCC(N)C1. The van der Waals surface area contributed by atoms with Crippen molar-refractivity contribution >= 4 is 5.91 Å². The van der Waals surface area contributed by atoms with Gasteiger partial charge in [-0.2, -0.15) is 0 Å². The summed E-state index contributed by atoms with van der Waals surface area (Å²) in [4.78, 5) is 13.7. The predicted molar refractivity (Wildman–Crippen MR) is 71.7 cm³/mol. The van der Waals surface area contributed by atoms with Gasteiger partial charge >= 0.3 is 0 Å². The van der Waals surface area contributed by atoms with Crippen LogP contribution in [0.15, 0.2) is 0 Å². The normalized spacial score (nSPS) is 24.6. The molecule has 3 heteroatoms. The van der Waals surface area contributed by atoms with E-state index in [4.69, 9.17) is 5.73 Å². The molecular weight excluding hydrogens is 212 g/mol. The molecule has 0 aromatic heterocycles. The lowest BCUT2D eigenvalue weighted by Gasteiger charge is -2.27. The first-order chi connectivity index (χ1) is 8.13. The molecule has 3 nitrogen and oxygen atoms in total. The fraction of sp³-hybridized carbons (Fsp3) is 0.929. The maximum Gasteiger partial charge on any atom is 0.222 e. The Kier molecular flexibility index (Phi) is 6.56. The molecule has 1 rings (SSSR count). The first kappa shape index (κ1) is 14.5. The van der Waals surface area contributed by atoms with Gasteiger partial charge in [0.25, 0.3) is 0 Å². The summed E-state index contributed by atoms with van der Waals surface area (Å²) < 4.78 is 0. The zero-order chi connectivity index (χ0) is 12.7. The Morgan fingerprint density at radius 3 is 2.82 bits per heavy atom. The minimum Gasteiger partial charge on any atom is -0.346 e. The third-order valence-electron chi connectivity index (χ3n) is 3.86. The van der Waals surface area contributed by atoms with Crippen LogP contribution < -0.4 is 5.73 Å². The van der Waals surface area contributed by atoms with Crippen LogP contribution in [0.2, 0.25) is 0 Å².